The van der Waals surface area contributed by atoms with E-state index in [9.17, 15) is 0 Å². The summed E-state index contributed by atoms with van der Waals surface area (Å²) in [6, 6.07) is 1.52. The molecule has 11 heavy (non-hydrogen) atoms. The first-order valence-corrected chi connectivity index (χ1v) is 2.82. The number of hydrogen-bond donors (Lipinski definition) is 2. The number of nitrogens with one attached hydrogen (secondary N) is 1. The molecule has 0 spiro atoms. The smallest absolute Gasteiger partial charge is 0.242 e. The zero-order valence-electron chi connectivity index (χ0n) is 5.35. The van der Waals surface area contributed by atoms with Crippen molar-refractivity contribution in [2.24, 2.45) is 0 Å². The molecule has 0 atom stereocenters. The maximum Gasteiger partial charge on any atom is 0.242 e. The Balaban J connectivity index is 2.45. The van der Waals surface area contributed by atoms with E-state index < -0.39 is 0 Å². The molecular weight excluding hydrogens is 148 g/mol. The van der Waals surface area contributed by atoms with Crippen LogP contribution in [0.1, 0.15) is 0 Å². The minimum atomic E-state index is 0.296. The third-order valence-electron chi connectivity index (χ3n) is 1.09. The second-order valence-corrected chi connectivity index (χ2v) is 1.85. The highest BCUT2D eigenvalue weighted by Crippen LogP contribution is 2.14. The summed E-state index contributed by atoms with van der Waals surface area (Å²) in [5.41, 5.74) is 5.29. The summed E-state index contributed by atoms with van der Waals surface area (Å²) in [4.78, 5) is 0. The lowest BCUT2D eigenvalue weighted by Gasteiger charge is -1.77. The van der Waals surface area contributed by atoms with Gasteiger partial charge in [-0.15, -0.1) is 10.2 Å². The summed E-state index contributed by atoms with van der Waals surface area (Å²) >= 11 is 0. The van der Waals surface area contributed by atoms with Crippen molar-refractivity contribution >= 4 is 5.82 Å². The van der Waals surface area contributed by atoms with Gasteiger partial charge in [-0.3, -0.25) is 0 Å². The summed E-state index contributed by atoms with van der Waals surface area (Å²) in [6.45, 7) is 0. The van der Waals surface area contributed by atoms with Gasteiger partial charge in [-0.1, -0.05) is 5.16 Å². The van der Waals surface area contributed by atoms with Crippen molar-refractivity contribution in [2.45, 2.75) is 0 Å². The molecule has 0 aliphatic carbocycles. The van der Waals surface area contributed by atoms with E-state index in [1.807, 2.05) is 0 Å². The van der Waals surface area contributed by atoms with Crippen LogP contribution < -0.4 is 5.73 Å². The van der Waals surface area contributed by atoms with E-state index in [4.69, 9.17) is 10.3 Å². The van der Waals surface area contributed by atoms with Crippen molar-refractivity contribution < 1.29 is 4.52 Å². The lowest BCUT2D eigenvalue weighted by atomic mass is 10.4. The zero-order valence-corrected chi connectivity index (χ0v) is 5.35. The molecule has 2 heterocycles. The van der Waals surface area contributed by atoms with Crippen LogP contribution in [0.2, 0.25) is 0 Å². The monoisotopic (exact) mass is 152 g/mol. The zero-order chi connectivity index (χ0) is 7.68. The van der Waals surface area contributed by atoms with E-state index in [2.05, 4.69) is 25.8 Å². The molecular formula is C4H4N6O. The van der Waals surface area contributed by atoms with Crippen LogP contribution >= 0.6 is 0 Å². The van der Waals surface area contributed by atoms with Crippen LogP contribution in [-0.4, -0.2) is 25.8 Å². The molecule has 0 aromatic carbocycles. The van der Waals surface area contributed by atoms with Crippen molar-refractivity contribution in [3.8, 4) is 11.6 Å². The van der Waals surface area contributed by atoms with Crippen LogP contribution in [-0.2, 0) is 0 Å². The van der Waals surface area contributed by atoms with Gasteiger partial charge in [0.05, 0.1) is 0 Å². The second kappa shape index (κ2) is 2.04. The predicted molar refractivity (Wildman–Crippen MR) is 34.1 cm³/mol. The average molecular weight is 152 g/mol. The molecule has 0 unspecified atom stereocenters. The Bertz CT molecular complexity index is 337. The van der Waals surface area contributed by atoms with E-state index in [0.717, 1.165) is 0 Å². The van der Waals surface area contributed by atoms with Crippen LogP contribution in [0.5, 0.6) is 0 Å². The third-order valence-corrected chi connectivity index (χ3v) is 1.09. The molecule has 56 valence electrons. The highest BCUT2D eigenvalue weighted by atomic mass is 16.5. The number of rotatable bonds is 1. The maximum absolute atomic E-state index is 5.29. The summed E-state index contributed by atoms with van der Waals surface area (Å²) < 4.78 is 4.75. The number of nitrogens with zero attached hydrogens (tertiary/aromatic N) is 4. The van der Waals surface area contributed by atoms with Crippen molar-refractivity contribution in [2.75, 3.05) is 5.73 Å². The lowest BCUT2D eigenvalue weighted by molar-refractivity contribution is 0.433. The molecule has 7 nitrogen and oxygen atoms in total. The average Bonchev–Trinajstić information content (AvgIpc) is 2.55. The molecule has 2 aromatic rings. The molecule has 0 saturated carbocycles. The first-order valence-electron chi connectivity index (χ1n) is 2.82. The number of nitrogens with two attached hydrogens (primary N) is 1. The Labute approximate surface area is 60.6 Å². The van der Waals surface area contributed by atoms with Gasteiger partial charge in [-0.2, -0.15) is 5.21 Å². The molecule has 0 aliphatic rings. The van der Waals surface area contributed by atoms with E-state index in [1.54, 1.807) is 0 Å². The molecule has 0 aliphatic heterocycles. The SMILES string of the molecule is Nc1cc(-c2nn[nH]n2)on1. The Morgan fingerprint density at radius 1 is 1.55 bits per heavy atom. The predicted octanol–water partition coefficient (Wildman–Crippen LogP) is -0.563. The number of nitrogen functional groups attached to an aromatic ring is 1. The second-order valence-electron chi connectivity index (χ2n) is 1.85. The standard InChI is InChI=1S/C4H4N6O/c5-3-1-2(11-8-3)4-6-9-10-7-4/h1H,(H2,5,8)(H,6,7,9,10). The number of hydrogen-bond acceptors (Lipinski definition) is 6. The van der Waals surface area contributed by atoms with Crippen LogP contribution in [0, 0.1) is 0 Å². The van der Waals surface area contributed by atoms with Crippen LogP contribution in [0.3, 0.4) is 0 Å². The van der Waals surface area contributed by atoms with Gasteiger partial charge in [0.1, 0.15) is 0 Å². The van der Waals surface area contributed by atoms with Crippen LogP contribution in [0.25, 0.3) is 11.6 Å². The summed E-state index contributed by atoms with van der Waals surface area (Å²) in [5, 5.41) is 16.4. The first kappa shape index (κ1) is 5.83. The van der Waals surface area contributed by atoms with Gasteiger partial charge in [-0.25, -0.2) is 0 Å². The highest BCUT2D eigenvalue weighted by Gasteiger charge is 2.07. The molecule has 3 N–H and O–H groups in total. The fourth-order valence-corrected chi connectivity index (χ4v) is 0.660. The Hall–Kier alpha value is -1.92. The largest absolute Gasteiger partial charge is 0.381 e. The summed E-state index contributed by atoms with van der Waals surface area (Å²) in [5.74, 6) is 1.04. The number of aromatic nitrogens is 5. The minimum absolute atomic E-state index is 0.296. The third kappa shape index (κ3) is 0.914. The normalized spacial score (nSPS) is 10.2. The molecule has 2 rings (SSSR count). The van der Waals surface area contributed by atoms with Crippen molar-refractivity contribution in [1.82, 2.24) is 25.8 Å². The van der Waals surface area contributed by atoms with Gasteiger partial charge in [0.15, 0.2) is 5.82 Å². The summed E-state index contributed by atoms with van der Waals surface area (Å²) in [7, 11) is 0. The van der Waals surface area contributed by atoms with Crippen molar-refractivity contribution in [3.05, 3.63) is 6.07 Å². The fraction of sp³-hybridized carbons (Fsp3) is 0. The number of anilines is 1. The van der Waals surface area contributed by atoms with E-state index in [1.165, 1.54) is 6.07 Å². The molecule has 0 saturated heterocycles. The Kier molecular flexibility index (Phi) is 1.08. The van der Waals surface area contributed by atoms with Gasteiger partial charge >= 0.3 is 0 Å². The molecule has 7 heteroatoms. The lowest BCUT2D eigenvalue weighted by Crippen LogP contribution is -1.80. The van der Waals surface area contributed by atoms with E-state index >= 15 is 0 Å². The topological polar surface area (TPSA) is 107 Å². The van der Waals surface area contributed by atoms with Crippen molar-refractivity contribution in [1.29, 1.82) is 0 Å². The molecule has 0 radical (unpaired) electrons. The molecule has 2 aromatic heterocycles. The number of tetrazole rings is 1. The number of aromatic amines is 1. The maximum atomic E-state index is 5.29. The van der Waals surface area contributed by atoms with Gasteiger partial charge in [0.2, 0.25) is 11.6 Å². The first-order chi connectivity index (χ1) is 5.36. The number of H-pyrrole nitrogens is 1. The van der Waals surface area contributed by atoms with Gasteiger partial charge in [0.25, 0.3) is 0 Å². The minimum Gasteiger partial charge on any atom is -0.381 e. The molecule has 0 fully saturated rings. The van der Waals surface area contributed by atoms with E-state index in [-0.39, 0.29) is 0 Å². The van der Waals surface area contributed by atoms with Crippen LogP contribution in [0.15, 0.2) is 10.6 Å². The highest BCUT2D eigenvalue weighted by molar-refractivity contribution is 5.49. The molecule has 0 amide bonds. The Morgan fingerprint density at radius 2 is 2.45 bits per heavy atom. The van der Waals surface area contributed by atoms with Gasteiger partial charge in [-0.05, 0) is 5.21 Å². The summed E-state index contributed by atoms with van der Waals surface area (Å²) in [6.07, 6.45) is 0. The molecule has 0 bridgehead atoms. The van der Waals surface area contributed by atoms with Crippen LogP contribution in [0.4, 0.5) is 5.82 Å². The quantitative estimate of drug-likeness (QED) is 0.567. The van der Waals surface area contributed by atoms with Crippen molar-refractivity contribution in [3.63, 3.8) is 0 Å². The Morgan fingerprint density at radius 3 is 3.00 bits per heavy atom. The van der Waals surface area contributed by atoms with E-state index in [0.29, 0.717) is 17.4 Å². The van der Waals surface area contributed by atoms with Gasteiger partial charge in [0, 0.05) is 6.07 Å². The fourth-order valence-electron chi connectivity index (χ4n) is 0.660. The van der Waals surface area contributed by atoms with Gasteiger partial charge < -0.3 is 10.3 Å².